The normalized spacial score (nSPS) is 21.2. The fourth-order valence-corrected chi connectivity index (χ4v) is 4.53. The molecular formula is C26H24FN3O. The molecule has 0 saturated carbocycles. The third kappa shape index (κ3) is 3.21. The van der Waals surface area contributed by atoms with Gasteiger partial charge in [0.25, 0.3) is 0 Å². The minimum atomic E-state index is -0.381. The van der Waals surface area contributed by atoms with Crippen molar-refractivity contribution in [3.05, 3.63) is 90.4 Å². The molecule has 31 heavy (non-hydrogen) atoms. The van der Waals surface area contributed by atoms with Crippen molar-refractivity contribution in [2.75, 3.05) is 4.90 Å². The van der Waals surface area contributed by atoms with Gasteiger partial charge in [-0.25, -0.2) is 9.07 Å². The van der Waals surface area contributed by atoms with Gasteiger partial charge >= 0.3 is 0 Å². The molecule has 1 fully saturated rings. The Kier molecular flexibility index (Phi) is 4.62. The number of amides is 1. The fourth-order valence-electron chi connectivity index (χ4n) is 4.53. The molecule has 1 amide bonds. The average Bonchev–Trinajstić information content (AvgIpc) is 3.34. The van der Waals surface area contributed by atoms with Crippen LogP contribution in [0.4, 0.5) is 10.1 Å². The van der Waals surface area contributed by atoms with E-state index >= 15 is 0 Å². The highest BCUT2D eigenvalue weighted by molar-refractivity contribution is 6.02. The second kappa shape index (κ2) is 7.34. The third-order valence-electron chi connectivity index (χ3n) is 6.56. The minimum Gasteiger partial charge on any atom is -0.304 e. The van der Waals surface area contributed by atoms with Crippen LogP contribution < -0.4 is 4.90 Å². The molecule has 0 N–H and O–H groups in total. The van der Waals surface area contributed by atoms with Crippen LogP contribution in [0.15, 0.2) is 79.0 Å². The summed E-state index contributed by atoms with van der Waals surface area (Å²) >= 11 is 0. The average molecular weight is 413 g/mol. The molecule has 4 aromatic rings. The van der Waals surface area contributed by atoms with Crippen LogP contribution in [0.25, 0.3) is 16.6 Å². The Labute approximate surface area is 180 Å². The molecule has 0 aliphatic carbocycles. The van der Waals surface area contributed by atoms with Crippen molar-refractivity contribution in [2.24, 2.45) is 5.41 Å². The summed E-state index contributed by atoms with van der Waals surface area (Å²) in [5.74, 6) is -0.116. The Morgan fingerprint density at radius 3 is 2.45 bits per heavy atom. The molecule has 1 aliphatic rings. The first-order chi connectivity index (χ1) is 15.0. The number of carbonyl (C=O) groups excluding carboxylic acids is 1. The van der Waals surface area contributed by atoms with Crippen molar-refractivity contribution in [2.45, 2.75) is 32.7 Å². The van der Waals surface area contributed by atoms with Gasteiger partial charge in [0.15, 0.2) is 0 Å². The minimum absolute atomic E-state index is 0.00300. The summed E-state index contributed by atoms with van der Waals surface area (Å²) in [6.45, 7) is 4.15. The monoisotopic (exact) mass is 413 g/mol. The van der Waals surface area contributed by atoms with Crippen molar-refractivity contribution in [3.8, 4) is 5.69 Å². The highest BCUT2D eigenvalue weighted by Crippen LogP contribution is 2.48. The molecule has 156 valence electrons. The number of rotatable bonds is 4. The molecule has 2 atom stereocenters. The van der Waals surface area contributed by atoms with Gasteiger partial charge in [0, 0.05) is 16.5 Å². The topological polar surface area (TPSA) is 38.1 Å². The van der Waals surface area contributed by atoms with Gasteiger partial charge in [0.1, 0.15) is 5.82 Å². The Bertz CT molecular complexity index is 1250. The number of fused-ring (bicyclic) bond motifs is 1. The van der Waals surface area contributed by atoms with Gasteiger partial charge < -0.3 is 4.90 Å². The summed E-state index contributed by atoms with van der Waals surface area (Å²) < 4.78 is 15.1. The first-order valence-electron chi connectivity index (χ1n) is 10.6. The van der Waals surface area contributed by atoms with Gasteiger partial charge in [0.05, 0.1) is 23.4 Å². The zero-order valence-corrected chi connectivity index (χ0v) is 17.6. The molecule has 5 heteroatoms. The smallest absolute Gasteiger partial charge is 0.233 e. The van der Waals surface area contributed by atoms with Gasteiger partial charge in [-0.2, -0.15) is 5.10 Å². The van der Waals surface area contributed by atoms with Crippen LogP contribution in [-0.2, 0) is 4.79 Å². The standard InChI is InChI=1S/C26H24FN3O/c1-3-26(2)16-24(18-7-5-4-6-8-18)29(25(26)31)22-13-14-23-19(15-22)17-28-30(23)21-11-9-20(27)10-12-21/h4-15,17,24H,3,16H2,1-2H3/t24-,26+/m1/s1. The number of aromatic nitrogens is 2. The van der Waals surface area contributed by atoms with E-state index in [1.54, 1.807) is 23.0 Å². The second-order valence-corrected chi connectivity index (χ2v) is 8.50. The fraction of sp³-hybridized carbons (Fsp3) is 0.231. The predicted molar refractivity (Wildman–Crippen MR) is 121 cm³/mol. The zero-order chi connectivity index (χ0) is 21.6. The van der Waals surface area contributed by atoms with Crippen molar-refractivity contribution in [1.29, 1.82) is 0 Å². The number of anilines is 1. The number of halogens is 1. The van der Waals surface area contributed by atoms with Crippen LogP contribution in [0, 0.1) is 11.2 Å². The Balaban J connectivity index is 1.58. The van der Waals surface area contributed by atoms with Gasteiger partial charge in [-0.1, -0.05) is 44.2 Å². The van der Waals surface area contributed by atoms with E-state index in [1.807, 2.05) is 41.3 Å². The lowest BCUT2D eigenvalue weighted by molar-refractivity contribution is -0.124. The quantitative estimate of drug-likeness (QED) is 0.408. The highest BCUT2D eigenvalue weighted by Gasteiger charge is 2.48. The summed E-state index contributed by atoms with van der Waals surface area (Å²) in [6, 6.07) is 22.5. The second-order valence-electron chi connectivity index (χ2n) is 8.50. The highest BCUT2D eigenvalue weighted by atomic mass is 19.1. The molecule has 4 nitrogen and oxygen atoms in total. The summed E-state index contributed by atoms with van der Waals surface area (Å²) in [7, 11) is 0. The molecule has 0 bridgehead atoms. The van der Waals surface area contributed by atoms with Crippen LogP contribution in [0.1, 0.15) is 38.3 Å². The Morgan fingerprint density at radius 2 is 1.74 bits per heavy atom. The molecule has 1 saturated heterocycles. The molecule has 1 aromatic heterocycles. The van der Waals surface area contributed by atoms with Crippen LogP contribution >= 0.6 is 0 Å². The van der Waals surface area contributed by atoms with E-state index in [1.165, 1.54) is 12.1 Å². The largest absolute Gasteiger partial charge is 0.304 e. The molecule has 0 unspecified atom stereocenters. The van der Waals surface area contributed by atoms with E-state index in [9.17, 15) is 9.18 Å². The molecule has 5 rings (SSSR count). The summed E-state index contributed by atoms with van der Waals surface area (Å²) in [4.78, 5) is 15.5. The number of carbonyl (C=O) groups is 1. The van der Waals surface area contributed by atoms with Gasteiger partial charge in [0.2, 0.25) is 5.91 Å². The molecule has 0 spiro atoms. The van der Waals surface area contributed by atoms with Gasteiger partial charge in [-0.3, -0.25) is 4.79 Å². The van der Waals surface area contributed by atoms with E-state index < -0.39 is 0 Å². The Morgan fingerprint density at radius 1 is 1.03 bits per heavy atom. The van der Waals surface area contributed by atoms with Crippen LogP contribution in [0.5, 0.6) is 0 Å². The maximum absolute atomic E-state index is 13.5. The predicted octanol–water partition coefficient (Wildman–Crippen LogP) is 6.06. The molecule has 2 heterocycles. The van der Waals surface area contributed by atoms with Crippen molar-refractivity contribution in [1.82, 2.24) is 9.78 Å². The van der Waals surface area contributed by atoms with E-state index in [2.05, 4.69) is 31.1 Å². The third-order valence-corrected chi connectivity index (χ3v) is 6.56. The van der Waals surface area contributed by atoms with Crippen molar-refractivity contribution < 1.29 is 9.18 Å². The summed E-state index contributed by atoms with van der Waals surface area (Å²) in [6.07, 6.45) is 3.38. The first-order valence-corrected chi connectivity index (χ1v) is 10.6. The van der Waals surface area contributed by atoms with Crippen molar-refractivity contribution in [3.63, 3.8) is 0 Å². The number of hydrogen-bond donors (Lipinski definition) is 0. The summed E-state index contributed by atoms with van der Waals surface area (Å²) in [5, 5.41) is 5.43. The van der Waals surface area contributed by atoms with Crippen LogP contribution in [0.3, 0.4) is 0 Å². The van der Waals surface area contributed by atoms with E-state index in [-0.39, 0.29) is 23.2 Å². The SMILES string of the molecule is CC[C@@]1(C)C[C@H](c2ccccc2)N(c2ccc3c(cnn3-c3ccc(F)cc3)c2)C1=O. The van der Waals surface area contributed by atoms with Gasteiger partial charge in [-0.15, -0.1) is 0 Å². The molecule has 1 aliphatic heterocycles. The number of hydrogen-bond acceptors (Lipinski definition) is 2. The van der Waals surface area contributed by atoms with E-state index in [0.29, 0.717) is 0 Å². The van der Waals surface area contributed by atoms with Crippen LogP contribution in [-0.4, -0.2) is 15.7 Å². The molecular weight excluding hydrogens is 389 g/mol. The Hall–Kier alpha value is -3.47. The van der Waals surface area contributed by atoms with E-state index in [4.69, 9.17) is 0 Å². The number of benzene rings is 3. The lowest BCUT2D eigenvalue weighted by Gasteiger charge is -2.26. The van der Waals surface area contributed by atoms with E-state index in [0.717, 1.165) is 40.7 Å². The molecule has 0 radical (unpaired) electrons. The number of nitrogens with zero attached hydrogens (tertiary/aromatic N) is 3. The molecule has 3 aromatic carbocycles. The van der Waals surface area contributed by atoms with Gasteiger partial charge in [-0.05, 0) is 60.9 Å². The first kappa shape index (κ1) is 19.5. The lowest BCUT2D eigenvalue weighted by atomic mass is 9.83. The summed E-state index contributed by atoms with van der Waals surface area (Å²) in [5.41, 5.74) is 3.35. The van der Waals surface area contributed by atoms with Crippen molar-refractivity contribution >= 4 is 22.5 Å². The van der Waals surface area contributed by atoms with Crippen LogP contribution in [0.2, 0.25) is 0 Å². The maximum Gasteiger partial charge on any atom is 0.233 e. The zero-order valence-electron chi connectivity index (χ0n) is 17.6. The maximum atomic E-state index is 13.5. The lowest BCUT2D eigenvalue weighted by Crippen LogP contribution is -2.33.